The van der Waals surface area contributed by atoms with Crippen LogP contribution in [0.25, 0.3) is 23.0 Å². The SMILES string of the molecule is CCCOc1cc(C#N)cc(-c2nc(-c3ccc(C#N)cn3)no2)c1. The molecule has 0 saturated heterocycles. The minimum absolute atomic E-state index is 0.264. The molecule has 0 aliphatic carbocycles. The molecule has 3 rings (SSSR count). The molecule has 0 amide bonds. The second-order valence-electron chi connectivity index (χ2n) is 5.17. The van der Waals surface area contributed by atoms with Crippen molar-refractivity contribution in [3.63, 3.8) is 0 Å². The van der Waals surface area contributed by atoms with Crippen LogP contribution in [-0.4, -0.2) is 21.7 Å². The van der Waals surface area contributed by atoms with Crippen LogP contribution in [0.5, 0.6) is 5.75 Å². The molecule has 0 fully saturated rings. The van der Waals surface area contributed by atoms with E-state index in [1.165, 1.54) is 6.20 Å². The van der Waals surface area contributed by atoms with E-state index >= 15 is 0 Å². The Morgan fingerprint density at radius 3 is 2.64 bits per heavy atom. The lowest BCUT2D eigenvalue weighted by Gasteiger charge is -2.06. The second-order valence-corrected chi connectivity index (χ2v) is 5.17. The Morgan fingerprint density at radius 1 is 1.12 bits per heavy atom. The summed E-state index contributed by atoms with van der Waals surface area (Å²) in [5.74, 6) is 1.14. The molecule has 3 aromatic rings. The summed E-state index contributed by atoms with van der Waals surface area (Å²) in [7, 11) is 0. The number of benzene rings is 1. The van der Waals surface area contributed by atoms with Gasteiger partial charge in [-0.2, -0.15) is 15.5 Å². The summed E-state index contributed by atoms with van der Waals surface area (Å²) in [6.45, 7) is 2.56. The van der Waals surface area contributed by atoms with Crippen LogP contribution in [0.1, 0.15) is 24.5 Å². The Balaban J connectivity index is 1.93. The van der Waals surface area contributed by atoms with Crippen molar-refractivity contribution in [3.8, 4) is 40.9 Å². The summed E-state index contributed by atoms with van der Waals surface area (Å²) in [4.78, 5) is 8.45. The van der Waals surface area contributed by atoms with Crippen molar-refractivity contribution in [2.45, 2.75) is 13.3 Å². The first-order valence-electron chi connectivity index (χ1n) is 7.62. The maximum atomic E-state index is 9.18. The summed E-state index contributed by atoms with van der Waals surface area (Å²) >= 11 is 0. The molecule has 2 aromatic heterocycles. The first kappa shape index (κ1) is 16.2. The fraction of sp³-hybridized carbons (Fsp3) is 0.167. The van der Waals surface area contributed by atoms with Crippen LogP contribution >= 0.6 is 0 Å². The average Bonchev–Trinajstić information content (AvgIpc) is 3.16. The van der Waals surface area contributed by atoms with Crippen LogP contribution in [0.15, 0.2) is 41.1 Å². The first-order chi connectivity index (χ1) is 12.2. The number of ether oxygens (including phenoxy) is 1. The third kappa shape index (κ3) is 3.62. The van der Waals surface area contributed by atoms with Gasteiger partial charge in [-0.15, -0.1) is 0 Å². The van der Waals surface area contributed by atoms with Gasteiger partial charge in [0.25, 0.3) is 5.89 Å². The minimum Gasteiger partial charge on any atom is -0.494 e. The molecule has 0 atom stereocenters. The predicted molar refractivity (Wildman–Crippen MR) is 88.2 cm³/mol. The quantitative estimate of drug-likeness (QED) is 0.705. The highest BCUT2D eigenvalue weighted by molar-refractivity contribution is 5.62. The fourth-order valence-corrected chi connectivity index (χ4v) is 2.13. The standard InChI is InChI=1S/C18H13N5O2/c1-2-5-24-15-7-13(10-20)6-14(8-15)18-22-17(23-25-18)16-4-3-12(9-19)11-21-16/h3-4,6-8,11H,2,5H2,1H3. The van der Waals surface area contributed by atoms with Crippen LogP contribution < -0.4 is 4.74 Å². The molecular formula is C18H13N5O2. The van der Waals surface area contributed by atoms with Gasteiger partial charge in [0.05, 0.1) is 23.8 Å². The van der Waals surface area contributed by atoms with E-state index in [2.05, 4.69) is 21.2 Å². The molecule has 7 nitrogen and oxygen atoms in total. The Kier molecular flexibility index (Phi) is 4.68. The molecule has 0 N–H and O–H groups in total. The molecule has 0 aliphatic rings. The van der Waals surface area contributed by atoms with E-state index < -0.39 is 0 Å². The lowest BCUT2D eigenvalue weighted by atomic mass is 10.1. The van der Waals surface area contributed by atoms with Gasteiger partial charge >= 0.3 is 0 Å². The summed E-state index contributed by atoms with van der Waals surface area (Å²) in [6.07, 6.45) is 2.31. The highest BCUT2D eigenvalue weighted by atomic mass is 16.5. The van der Waals surface area contributed by atoms with Gasteiger partial charge in [-0.05, 0) is 36.8 Å². The number of hydrogen-bond acceptors (Lipinski definition) is 7. The predicted octanol–water partition coefficient (Wildman–Crippen LogP) is 3.33. The van der Waals surface area contributed by atoms with Gasteiger partial charge in [-0.1, -0.05) is 12.1 Å². The third-order valence-electron chi connectivity index (χ3n) is 3.30. The van der Waals surface area contributed by atoms with Crippen molar-refractivity contribution in [2.75, 3.05) is 6.61 Å². The molecule has 0 aliphatic heterocycles. The molecule has 0 bridgehead atoms. The second kappa shape index (κ2) is 7.24. The summed E-state index contributed by atoms with van der Waals surface area (Å²) in [5.41, 5.74) is 1.98. The van der Waals surface area contributed by atoms with Crippen molar-refractivity contribution >= 4 is 0 Å². The van der Waals surface area contributed by atoms with Crippen LogP contribution in [0.2, 0.25) is 0 Å². The van der Waals surface area contributed by atoms with Crippen molar-refractivity contribution in [1.82, 2.24) is 15.1 Å². The van der Waals surface area contributed by atoms with E-state index in [0.29, 0.717) is 40.6 Å². The Bertz CT molecular complexity index is 964. The van der Waals surface area contributed by atoms with Crippen molar-refractivity contribution in [1.29, 1.82) is 10.5 Å². The normalized spacial score (nSPS) is 10.0. The average molecular weight is 331 g/mol. The topological polar surface area (TPSA) is 109 Å². The fourth-order valence-electron chi connectivity index (χ4n) is 2.13. The summed E-state index contributed by atoms with van der Waals surface area (Å²) < 4.78 is 10.9. The molecule has 0 spiro atoms. The zero-order valence-corrected chi connectivity index (χ0v) is 13.4. The Labute approximate surface area is 144 Å². The molecule has 7 heteroatoms. The van der Waals surface area contributed by atoms with E-state index in [-0.39, 0.29) is 5.89 Å². The number of hydrogen-bond donors (Lipinski definition) is 0. The van der Waals surface area contributed by atoms with Gasteiger partial charge in [0.2, 0.25) is 5.82 Å². The molecular weight excluding hydrogens is 318 g/mol. The number of rotatable bonds is 5. The molecule has 0 unspecified atom stereocenters. The van der Waals surface area contributed by atoms with Crippen LogP contribution in [0.4, 0.5) is 0 Å². The Hall–Kier alpha value is -3.71. The molecule has 25 heavy (non-hydrogen) atoms. The summed E-state index contributed by atoms with van der Waals surface area (Å²) in [6, 6.07) is 12.4. The number of nitriles is 2. The highest BCUT2D eigenvalue weighted by Crippen LogP contribution is 2.26. The number of nitrogens with zero attached hydrogens (tertiary/aromatic N) is 5. The lowest BCUT2D eigenvalue weighted by Crippen LogP contribution is -1.96. The van der Waals surface area contributed by atoms with Gasteiger partial charge in [-0.3, -0.25) is 4.98 Å². The van der Waals surface area contributed by atoms with Crippen molar-refractivity contribution in [3.05, 3.63) is 47.7 Å². The van der Waals surface area contributed by atoms with E-state index in [4.69, 9.17) is 14.5 Å². The van der Waals surface area contributed by atoms with Crippen molar-refractivity contribution < 1.29 is 9.26 Å². The largest absolute Gasteiger partial charge is 0.494 e. The van der Waals surface area contributed by atoms with Gasteiger partial charge in [0.1, 0.15) is 17.5 Å². The van der Waals surface area contributed by atoms with Crippen molar-refractivity contribution in [2.24, 2.45) is 0 Å². The highest BCUT2D eigenvalue weighted by Gasteiger charge is 2.14. The van der Waals surface area contributed by atoms with Crippen LogP contribution in [0.3, 0.4) is 0 Å². The van der Waals surface area contributed by atoms with Gasteiger partial charge in [0, 0.05) is 11.8 Å². The van der Waals surface area contributed by atoms with E-state index in [0.717, 1.165) is 6.42 Å². The van der Waals surface area contributed by atoms with Crippen LogP contribution in [0, 0.1) is 22.7 Å². The number of pyridine rings is 1. The van der Waals surface area contributed by atoms with E-state index in [1.54, 1.807) is 30.3 Å². The van der Waals surface area contributed by atoms with E-state index in [1.807, 2.05) is 13.0 Å². The summed E-state index contributed by atoms with van der Waals surface area (Å²) in [5, 5.41) is 21.9. The molecule has 0 radical (unpaired) electrons. The van der Waals surface area contributed by atoms with Gasteiger partial charge < -0.3 is 9.26 Å². The van der Waals surface area contributed by atoms with Gasteiger partial charge in [0.15, 0.2) is 0 Å². The smallest absolute Gasteiger partial charge is 0.258 e. The monoisotopic (exact) mass is 331 g/mol. The molecule has 0 saturated carbocycles. The maximum Gasteiger partial charge on any atom is 0.258 e. The molecule has 122 valence electrons. The zero-order chi connectivity index (χ0) is 17.6. The third-order valence-corrected chi connectivity index (χ3v) is 3.30. The van der Waals surface area contributed by atoms with E-state index in [9.17, 15) is 5.26 Å². The lowest BCUT2D eigenvalue weighted by molar-refractivity contribution is 0.317. The van der Waals surface area contributed by atoms with Gasteiger partial charge in [-0.25, -0.2) is 0 Å². The molecule has 1 aromatic carbocycles. The Morgan fingerprint density at radius 2 is 1.96 bits per heavy atom. The van der Waals surface area contributed by atoms with Crippen LogP contribution in [-0.2, 0) is 0 Å². The molecule has 2 heterocycles. The first-order valence-corrected chi connectivity index (χ1v) is 7.62. The number of aromatic nitrogens is 3. The maximum absolute atomic E-state index is 9.18. The minimum atomic E-state index is 0.264. The zero-order valence-electron chi connectivity index (χ0n) is 13.4.